The summed E-state index contributed by atoms with van der Waals surface area (Å²) in [4.78, 5) is 103. The lowest BCUT2D eigenvalue weighted by Gasteiger charge is -2.40. The van der Waals surface area contributed by atoms with Crippen LogP contribution < -0.4 is 31.8 Å². The summed E-state index contributed by atoms with van der Waals surface area (Å²) in [5.41, 5.74) is 7.83. The van der Waals surface area contributed by atoms with Crippen LogP contribution in [0.4, 0.5) is 30.6 Å². The lowest BCUT2D eigenvalue weighted by molar-refractivity contribution is -0.127. The first kappa shape index (κ1) is 83.8. The monoisotopic (exact) mass is 1650 g/mol. The molecule has 19 nitrogen and oxygen atoms in total. The second-order valence-corrected chi connectivity index (χ2v) is 31.6. The number of para-hydroxylation sites is 3. The maximum Gasteiger partial charge on any atom is 0.354 e. The smallest absolute Gasteiger partial charge is 0.354 e. The van der Waals surface area contributed by atoms with E-state index in [1.54, 1.807) is 102 Å². The number of halogens is 6. The van der Waals surface area contributed by atoms with E-state index >= 15 is 4.39 Å². The lowest BCUT2D eigenvalue weighted by atomic mass is 9.95. The largest absolute Gasteiger partial charge is 0.507 e. The van der Waals surface area contributed by atoms with Crippen molar-refractivity contribution in [2.24, 2.45) is 0 Å². The number of carbonyl (C=O) groups excluding carboxylic acids is 3. The van der Waals surface area contributed by atoms with Gasteiger partial charge in [0, 0.05) is 137 Å². The number of hydrogen-bond acceptors (Lipinski definition) is 13. The van der Waals surface area contributed by atoms with Crippen molar-refractivity contribution in [3.8, 4) is 56.2 Å². The van der Waals surface area contributed by atoms with Crippen molar-refractivity contribution >= 4 is 103 Å². The summed E-state index contributed by atoms with van der Waals surface area (Å²) in [6.07, 6.45) is 3.92. The fourth-order valence-corrected chi connectivity index (χ4v) is 17.1. The first-order valence-corrected chi connectivity index (χ1v) is 40.3. The molecule has 12 aromatic rings. The van der Waals surface area contributed by atoms with Gasteiger partial charge in [0.05, 0.1) is 39.2 Å². The molecule has 3 aromatic heterocycles. The molecule has 3 fully saturated rings. The Balaban J connectivity index is 0.000000154. The lowest BCUT2D eigenvalue weighted by Crippen LogP contribution is -2.54. The fourth-order valence-electron chi connectivity index (χ4n) is 16.2. The third kappa shape index (κ3) is 16.4. The highest BCUT2D eigenvalue weighted by molar-refractivity contribution is 6.36. The van der Waals surface area contributed by atoms with Gasteiger partial charge in [0.2, 0.25) is 17.7 Å². The Hall–Kier alpha value is -12.1. The highest BCUT2D eigenvalue weighted by Gasteiger charge is 2.34. The number of aromatic nitrogens is 6. The molecule has 0 unspecified atom stereocenters. The maximum absolute atomic E-state index is 15.2. The van der Waals surface area contributed by atoms with Gasteiger partial charge in [-0.05, 0) is 152 Å². The fraction of sp³-hybridized carbons (Fsp3) is 0.258. The average molecular weight is 1650 g/mol. The van der Waals surface area contributed by atoms with Crippen LogP contribution >= 0.6 is 34.8 Å². The van der Waals surface area contributed by atoms with Crippen LogP contribution in [0.3, 0.4) is 0 Å². The average Bonchev–Trinajstić information content (AvgIpc) is 0.735. The van der Waals surface area contributed by atoms with Crippen molar-refractivity contribution in [1.29, 1.82) is 0 Å². The van der Waals surface area contributed by atoms with Gasteiger partial charge in [0.1, 0.15) is 40.7 Å². The van der Waals surface area contributed by atoms with Crippen molar-refractivity contribution in [2.75, 3.05) is 80.1 Å². The topological polar surface area (TPSA) is 196 Å². The number of aryl methyl sites for hydroxylation is 1. The van der Waals surface area contributed by atoms with E-state index in [0.717, 1.165) is 28.1 Å². The minimum atomic E-state index is -0.628. The molecule has 606 valence electrons. The quantitative estimate of drug-likeness (QED) is 0.0953. The Bertz CT molecular complexity index is 6160. The van der Waals surface area contributed by atoms with E-state index in [-0.39, 0.29) is 63.9 Å². The van der Waals surface area contributed by atoms with Crippen LogP contribution in [0.1, 0.15) is 95.4 Å². The number of piperazine rings is 3. The molecule has 3 aliphatic rings. The van der Waals surface area contributed by atoms with Gasteiger partial charge in [-0.1, -0.05) is 193 Å². The van der Waals surface area contributed by atoms with Crippen molar-refractivity contribution in [2.45, 2.75) is 92.2 Å². The van der Waals surface area contributed by atoms with Crippen molar-refractivity contribution in [3.05, 3.63) is 294 Å². The molecule has 3 saturated heterocycles. The predicted molar refractivity (Wildman–Crippen MR) is 468 cm³/mol. The summed E-state index contributed by atoms with van der Waals surface area (Å²) in [7, 11) is 0. The number of hydrogen-bond donors (Lipinski definition) is 1. The van der Waals surface area contributed by atoms with Gasteiger partial charge in [-0.25, -0.2) is 27.6 Å². The molecule has 0 aliphatic carbocycles. The maximum atomic E-state index is 15.2. The van der Waals surface area contributed by atoms with Gasteiger partial charge in [-0.15, -0.1) is 0 Å². The molecule has 3 aliphatic heterocycles. The van der Waals surface area contributed by atoms with Gasteiger partial charge in [-0.2, -0.15) is 15.0 Å². The second kappa shape index (κ2) is 35.4. The van der Waals surface area contributed by atoms with Crippen LogP contribution in [0, 0.1) is 24.4 Å². The highest BCUT2D eigenvalue weighted by atomic mass is 35.5. The van der Waals surface area contributed by atoms with Crippen LogP contribution in [-0.2, 0) is 14.4 Å². The molecule has 9 aromatic carbocycles. The third-order valence-electron chi connectivity index (χ3n) is 22.1. The minimum Gasteiger partial charge on any atom is -0.507 e. The van der Waals surface area contributed by atoms with Crippen molar-refractivity contribution in [1.82, 2.24) is 43.4 Å². The first-order chi connectivity index (χ1) is 56.5. The SMILES string of the molecule is C=CC(=O)N1CCN(c2nc(=O)n(-c3ccccc3C(C)C)c3c(C)c(-c4c(O)cccc4F)c(Cl)cc23)[C@@H](C)C1.C=CC(=O)N1CCN(c2nc(=O)n(-c3ccccc3C(C)C)c3cc(-c4ccccc4F)c(Cl)cc23)CC1.C=CC(=O)N1CCN(c2nc(=O)n(-c3ccccc3C(C)C)c3cc(-c4ccccc4F)c(Cl)cc23)[C@@H](C)C1. The van der Waals surface area contributed by atoms with Crippen LogP contribution in [0.5, 0.6) is 5.75 Å². The number of nitrogens with zero attached hydrogens (tertiary/aromatic N) is 12. The zero-order valence-corrected chi connectivity index (χ0v) is 69.3. The molecular weight excluding hydrogens is 1560 g/mol. The summed E-state index contributed by atoms with van der Waals surface area (Å²) in [6, 6.07) is 48.6. The molecular formula is C93H90Cl3F3N12O7. The number of fused-ring (bicyclic) bond motifs is 3. The number of aromatic hydroxyl groups is 1. The number of carbonyl (C=O) groups is 3. The Morgan fingerprint density at radius 1 is 0.432 bits per heavy atom. The van der Waals surface area contributed by atoms with Crippen molar-refractivity contribution in [3.63, 3.8) is 0 Å². The standard InChI is InChI=1S/C32H32ClFN4O3.C31H30ClFN4O2.C30H28ClFN4O2/c1-6-27(40)36-14-15-37(19(4)17-36)31-22-16-23(33)28(29-24(34)11-9-13-26(29)39)20(5)30(22)38(32(41)35-31)25-12-8-7-10-21(25)18(2)3;1-5-29(38)35-14-15-36(20(4)18-35)30-24-16-25(32)23(22-11-6-8-12-26(22)33)17-28(24)37(31(39)34-30)27-13-9-7-10-21(27)19(2)3;1-4-28(37)34-13-15-35(16-14-34)29-23-17-24(31)22(21-10-5-7-11-25(21)32)18-27(23)36(30(38)33-29)26-12-8-6-9-20(26)19(2)3/h6-13,16,18-19,39H,1,14-15,17H2,2-5H3;5-13,16-17,19-20H,1,14-15,18H2,2-4H3;4-12,17-19H,1,13-16H2,2-3H3/t19-;20-;/m00./s1. The van der Waals surface area contributed by atoms with E-state index < -0.39 is 34.5 Å². The number of benzene rings is 9. The molecule has 118 heavy (non-hydrogen) atoms. The highest BCUT2D eigenvalue weighted by Crippen LogP contribution is 2.46. The summed E-state index contributed by atoms with van der Waals surface area (Å²) < 4.78 is 49.7. The molecule has 3 amide bonds. The molecule has 25 heteroatoms. The Morgan fingerprint density at radius 3 is 1.22 bits per heavy atom. The number of phenols is 1. The number of amides is 3. The van der Waals surface area contributed by atoms with Crippen LogP contribution in [0.25, 0.3) is 83.2 Å². The molecule has 1 N–H and O–H groups in total. The van der Waals surface area contributed by atoms with E-state index in [1.165, 1.54) is 48.6 Å². The molecule has 2 atom stereocenters. The Kier molecular flexibility index (Phi) is 25.1. The number of phenolic OH excluding ortho intramolecular Hbond substituents is 1. The Morgan fingerprint density at radius 2 is 0.797 bits per heavy atom. The van der Waals surface area contributed by atoms with E-state index in [1.807, 2.05) is 115 Å². The van der Waals surface area contributed by atoms with Gasteiger partial charge in [-0.3, -0.25) is 28.1 Å². The van der Waals surface area contributed by atoms with Crippen molar-refractivity contribution < 1.29 is 32.7 Å². The number of anilines is 3. The summed E-state index contributed by atoms with van der Waals surface area (Å²) >= 11 is 20.4. The van der Waals surface area contributed by atoms with Gasteiger partial charge < -0.3 is 34.5 Å². The molecule has 6 heterocycles. The normalized spacial score (nSPS) is 15.0. The third-order valence-corrected chi connectivity index (χ3v) is 23.0. The zero-order valence-electron chi connectivity index (χ0n) is 67.0. The van der Waals surface area contributed by atoms with E-state index in [2.05, 4.69) is 62.4 Å². The zero-order chi connectivity index (χ0) is 84.4. The van der Waals surface area contributed by atoms with Crippen LogP contribution in [0.15, 0.2) is 222 Å². The minimum absolute atomic E-state index is 0.0312. The van der Waals surface area contributed by atoms with Gasteiger partial charge in [0.25, 0.3) is 0 Å². The second-order valence-electron chi connectivity index (χ2n) is 30.4. The molecule has 15 rings (SSSR count). The van der Waals surface area contributed by atoms with Gasteiger partial charge in [0.15, 0.2) is 0 Å². The molecule has 0 radical (unpaired) electrons. The Labute approximate surface area is 697 Å². The predicted octanol–water partition coefficient (Wildman–Crippen LogP) is 18.2. The first-order valence-electron chi connectivity index (χ1n) is 39.1. The van der Waals surface area contributed by atoms with E-state index in [9.17, 15) is 42.7 Å². The van der Waals surface area contributed by atoms with E-state index in [0.29, 0.717) is 165 Å². The van der Waals surface area contributed by atoms with Gasteiger partial charge >= 0.3 is 17.1 Å². The van der Waals surface area contributed by atoms with E-state index in [4.69, 9.17) is 34.8 Å². The van der Waals surface area contributed by atoms with Crippen LogP contribution in [0.2, 0.25) is 15.1 Å². The summed E-state index contributed by atoms with van der Waals surface area (Å²) in [5.74, 6) is -0.247. The summed E-state index contributed by atoms with van der Waals surface area (Å²) in [6.45, 7) is 33.6. The molecule has 0 saturated carbocycles. The number of rotatable bonds is 15. The van der Waals surface area contributed by atoms with Crippen LogP contribution in [-0.4, -0.2) is 144 Å². The molecule has 0 spiro atoms. The summed E-state index contributed by atoms with van der Waals surface area (Å²) in [5, 5.41) is 13.6. The molecule has 0 bridgehead atoms.